The van der Waals surface area contributed by atoms with E-state index in [1.54, 1.807) is 18.2 Å². The van der Waals surface area contributed by atoms with Crippen LogP contribution in [0.4, 0.5) is 4.79 Å². The van der Waals surface area contributed by atoms with E-state index in [9.17, 15) is 14.7 Å². The van der Waals surface area contributed by atoms with Crippen molar-refractivity contribution in [2.75, 3.05) is 13.7 Å². The highest BCUT2D eigenvalue weighted by molar-refractivity contribution is 9.10. The average Bonchev–Trinajstić information content (AvgIpc) is 2.42. The standard InChI is InChI=1S/C13H14BrNO5/c1-3-6-20-13(18)15-11(12(16)17)9-7-8(14)4-5-10(9)19-2/h3-5,7,11H,1,6H2,2H3,(H,15,18)(H,16,17). The van der Waals surface area contributed by atoms with Crippen molar-refractivity contribution in [2.24, 2.45) is 0 Å². The van der Waals surface area contributed by atoms with Crippen LogP contribution < -0.4 is 10.1 Å². The average molecular weight is 344 g/mol. The highest BCUT2D eigenvalue weighted by Gasteiger charge is 2.26. The summed E-state index contributed by atoms with van der Waals surface area (Å²) in [4.78, 5) is 22.8. The fourth-order valence-electron chi connectivity index (χ4n) is 1.50. The molecule has 0 aliphatic heterocycles. The first-order chi connectivity index (χ1) is 9.49. The Bertz CT molecular complexity index is 517. The van der Waals surface area contributed by atoms with Gasteiger partial charge in [0.05, 0.1) is 7.11 Å². The minimum Gasteiger partial charge on any atom is -0.496 e. The molecule has 1 aromatic carbocycles. The number of amides is 1. The van der Waals surface area contributed by atoms with E-state index in [1.165, 1.54) is 13.2 Å². The largest absolute Gasteiger partial charge is 0.496 e. The summed E-state index contributed by atoms with van der Waals surface area (Å²) in [5, 5.41) is 11.5. The van der Waals surface area contributed by atoms with Gasteiger partial charge in [0.1, 0.15) is 12.4 Å². The molecule has 0 spiro atoms. The van der Waals surface area contributed by atoms with Crippen LogP contribution in [0.15, 0.2) is 35.3 Å². The summed E-state index contributed by atoms with van der Waals surface area (Å²) in [6.45, 7) is 3.39. The molecule has 1 atom stereocenters. The van der Waals surface area contributed by atoms with Crippen molar-refractivity contribution in [3.8, 4) is 5.75 Å². The zero-order valence-corrected chi connectivity index (χ0v) is 12.3. The van der Waals surface area contributed by atoms with Crippen LogP contribution in [0.3, 0.4) is 0 Å². The van der Waals surface area contributed by atoms with Gasteiger partial charge >= 0.3 is 12.1 Å². The molecule has 2 N–H and O–H groups in total. The van der Waals surface area contributed by atoms with Crippen LogP contribution in [0.25, 0.3) is 0 Å². The lowest BCUT2D eigenvalue weighted by Gasteiger charge is -2.17. The highest BCUT2D eigenvalue weighted by Crippen LogP contribution is 2.28. The van der Waals surface area contributed by atoms with E-state index in [0.29, 0.717) is 15.8 Å². The van der Waals surface area contributed by atoms with Gasteiger partial charge in [0.25, 0.3) is 0 Å². The summed E-state index contributed by atoms with van der Waals surface area (Å²) < 4.78 is 10.5. The number of benzene rings is 1. The molecule has 0 aliphatic carbocycles. The van der Waals surface area contributed by atoms with Gasteiger partial charge < -0.3 is 19.9 Å². The molecular formula is C13H14BrNO5. The topological polar surface area (TPSA) is 84.9 Å². The molecule has 108 valence electrons. The normalized spacial score (nSPS) is 11.3. The number of carboxylic acid groups (broad SMARTS) is 1. The number of alkyl carbamates (subject to hydrolysis) is 1. The van der Waals surface area contributed by atoms with E-state index < -0.39 is 18.1 Å². The Morgan fingerprint density at radius 1 is 1.55 bits per heavy atom. The molecular weight excluding hydrogens is 330 g/mol. The van der Waals surface area contributed by atoms with Gasteiger partial charge in [-0.1, -0.05) is 28.6 Å². The van der Waals surface area contributed by atoms with E-state index >= 15 is 0 Å². The number of nitrogens with one attached hydrogen (secondary N) is 1. The Hall–Kier alpha value is -2.02. The van der Waals surface area contributed by atoms with Gasteiger partial charge in [-0.15, -0.1) is 0 Å². The summed E-state index contributed by atoms with van der Waals surface area (Å²) in [5.74, 6) is -0.874. The van der Waals surface area contributed by atoms with Crippen molar-refractivity contribution in [1.82, 2.24) is 5.32 Å². The van der Waals surface area contributed by atoms with Crippen LogP contribution in [-0.4, -0.2) is 30.9 Å². The van der Waals surface area contributed by atoms with Crippen LogP contribution in [0, 0.1) is 0 Å². The molecule has 0 saturated carbocycles. The van der Waals surface area contributed by atoms with E-state index in [-0.39, 0.29) is 6.61 Å². The molecule has 0 aromatic heterocycles. The predicted octanol–water partition coefficient (Wildman–Crippen LogP) is 2.50. The maximum absolute atomic E-state index is 11.5. The molecule has 7 heteroatoms. The second-order valence-electron chi connectivity index (χ2n) is 3.69. The minimum absolute atomic E-state index is 0.00616. The molecule has 1 rings (SSSR count). The second-order valence-corrected chi connectivity index (χ2v) is 4.60. The number of carbonyl (C=O) groups excluding carboxylic acids is 1. The maximum atomic E-state index is 11.5. The number of methoxy groups -OCH3 is 1. The van der Waals surface area contributed by atoms with E-state index in [2.05, 4.69) is 27.8 Å². The van der Waals surface area contributed by atoms with Gasteiger partial charge in [-0.25, -0.2) is 9.59 Å². The molecule has 0 saturated heterocycles. The van der Waals surface area contributed by atoms with Gasteiger partial charge in [0.2, 0.25) is 0 Å². The molecule has 0 aliphatic rings. The molecule has 0 bridgehead atoms. The maximum Gasteiger partial charge on any atom is 0.408 e. The third-order valence-corrected chi connectivity index (χ3v) is 2.84. The Morgan fingerprint density at radius 3 is 2.80 bits per heavy atom. The molecule has 1 aromatic rings. The lowest BCUT2D eigenvalue weighted by atomic mass is 10.1. The van der Waals surface area contributed by atoms with Crippen molar-refractivity contribution >= 4 is 28.0 Å². The van der Waals surface area contributed by atoms with Gasteiger partial charge in [-0.2, -0.15) is 0 Å². The summed E-state index contributed by atoms with van der Waals surface area (Å²) in [6.07, 6.45) is 0.536. The summed E-state index contributed by atoms with van der Waals surface area (Å²) in [7, 11) is 1.42. The van der Waals surface area contributed by atoms with Gasteiger partial charge in [0.15, 0.2) is 6.04 Å². The Morgan fingerprint density at radius 2 is 2.25 bits per heavy atom. The van der Waals surface area contributed by atoms with Crippen LogP contribution in [0.5, 0.6) is 5.75 Å². The third kappa shape index (κ3) is 4.27. The van der Waals surface area contributed by atoms with Crippen LogP contribution in [0.1, 0.15) is 11.6 Å². The Balaban J connectivity index is 3.02. The first-order valence-corrected chi connectivity index (χ1v) is 6.39. The van der Waals surface area contributed by atoms with E-state index in [0.717, 1.165) is 0 Å². The van der Waals surface area contributed by atoms with Crippen LogP contribution >= 0.6 is 15.9 Å². The zero-order valence-electron chi connectivity index (χ0n) is 10.8. The number of halogens is 1. The molecule has 0 heterocycles. The first kappa shape index (κ1) is 16.0. The summed E-state index contributed by atoms with van der Waals surface area (Å²) >= 11 is 3.25. The predicted molar refractivity (Wildman–Crippen MR) is 75.8 cm³/mol. The number of hydrogen-bond donors (Lipinski definition) is 2. The number of carbonyl (C=O) groups is 2. The quantitative estimate of drug-likeness (QED) is 0.775. The van der Waals surface area contributed by atoms with Crippen molar-refractivity contribution in [2.45, 2.75) is 6.04 Å². The molecule has 6 nitrogen and oxygen atoms in total. The summed E-state index contributed by atoms with van der Waals surface area (Å²) in [5.41, 5.74) is 0.310. The van der Waals surface area contributed by atoms with Crippen molar-refractivity contribution in [3.63, 3.8) is 0 Å². The van der Waals surface area contributed by atoms with Gasteiger partial charge in [0, 0.05) is 10.0 Å². The number of rotatable bonds is 6. The molecule has 1 unspecified atom stereocenters. The van der Waals surface area contributed by atoms with E-state index in [4.69, 9.17) is 9.47 Å². The number of aliphatic carboxylic acids is 1. The zero-order chi connectivity index (χ0) is 15.1. The Labute approximate surface area is 124 Å². The Kier molecular flexibility index (Phi) is 6.05. The lowest BCUT2D eigenvalue weighted by molar-refractivity contribution is -0.139. The van der Waals surface area contributed by atoms with Crippen LogP contribution in [0.2, 0.25) is 0 Å². The lowest BCUT2D eigenvalue weighted by Crippen LogP contribution is -2.34. The molecule has 20 heavy (non-hydrogen) atoms. The van der Waals surface area contributed by atoms with Crippen molar-refractivity contribution in [1.29, 1.82) is 0 Å². The number of carboxylic acids is 1. The van der Waals surface area contributed by atoms with Crippen molar-refractivity contribution in [3.05, 3.63) is 40.9 Å². The third-order valence-electron chi connectivity index (χ3n) is 2.34. The fourth-order valence-corrected chi connectivity index (χ4v) is 1.88. The molecule has 0 fully saturated rings. The van der Waals surface area contributed by atoms with Crippen LogP contribution in [-0.2, 0) is 9.53 Å². The number of hydrogen-bond acceptors (Lipinski definition) is 4. The van der Waals surface area contributed by atoms with E-state index in [1.807, 2.05) is 0 Å². The monoisotopic (exact) mass is 343 g/mol. The second kappa shape index (κ2) is 7.54. The SMILES string of the molecule is C=CCOC(=O)NC(C(=O)O)c1cc(Br)ccc1OC. The minimum atomic E-state index is -1.28. The number of ether oxygens (including phenoxy) is 2. The first-order valence-electron chi connectivity index (χ1n) is 5.60. The summed E-state index contributed by atoms with van der Waals surface area (Å²) in [6, 6.07) is 3.59. The fraction of sp³-hybridized carbons (Fsp3) is 0.231. The highest BCUT2D eigenvalue weighted by atomic mass is 79.9. The smallest absolute Gasteiger partial charge is 0.408 e. The molecule has 1 amide bonds. The van der Waals surface area contributed by atoms with Gasteiger partial charge in [-0.05, 0) is 18.2 Å². The van der Waals surface area contributed by atoms with Crippen molar-refractivity contribution < 1.29 is 24.2 Å². The van der Waals surface area contributed by atoms with Gasteiger partial charge in [-0.3, -0.25) is 0 Å². The molecule has 0 radical (unpaired) electrons.